The van der Waals surface area contributed by atoms with Gasteiger partial charge in [-0.2, -0.15) is 0 Å². The van der Waals surface area contributed by atoms with Crippen LogP contribution in [0.15, 0.2) is 60.7 Å². The van der Waals surface area contributed by atoms with Gasteiger partial charge in [-0.05, 0) is 80.6 Å². The minimum absolute atomic E-state index is 0.0838. The minimum atomic E-state index is -0.465. The summed E-state index contributed by atoms with van der Waals surface area (Å²) >= 11 is 12.8. The molecular weight excluding hydrogens is 613 g/mol. The molecule has 240 valence electrons. The van der Waals surface area contributed by atoms with E-state index in [1.807, 2.05) is 35.2 Å². The predicted molar refractivity (Wildman–Crippen MR) is 177 cm³/mol. The van der Waals surface area contributed by atoms with Crippen molar-refractivity contribution in [3.63, 3.8) is 0 Å². The summed E-state index contributed by atoms with van der Waals surface area (Å²) in [5.74, 6) is 1.20. The lowest BCUT2D eigenvalue weighted by atomic mass is 9.73. The van der Waals surface area contributed by atoms with Gasteiger partial charge in [-0.15, -0.1) is 0 Å². The predicted octanol–water partition coefficient (Wildman–Crippen LogP) is 5.92. The van der Waals surface area contributed by atoms with Crippen molar-refractivity contribution in [1.82, 2.24) is 15.5 Å². The maximum atomic E-state index is 13.9. The summed E-state index contributed by atoms with van der Waals surface area (Å²) in [5, 5.41) is 7.64. The van der Waals surface area contributed by atoms with Crippen LogP contribution < -0.4 is 24.8 Å². The molecule has 8 nitrogen and oxygen atoms in total. The van der Waals surface area contributed by atoms with Gasteiger partial charge in [0.1, 0.15) is 0 Å². The molecule has 0 radical (unpaired) electrons. The van der Waals surface area contributed by atoms with Crippen LogP contribution in [0.5, 0.6) is 17.2 Å². The molecule has 0 spiro atoms. The quantitative estimate of drug-likeness (QED) is 0.267. The molecule has 2 saturated heterocycles. The van der Waals surface area contributed by atoms with Crippen molar-refractivity contribution in [2.24, 2.45) is 5.41 Å². The van der Waals surface area contributed by atoms with Crippen molar-refractivity contribution in [2.45, 2.75) is 37.5 Å². The summed E-state index contributed by atoms with van der Waals surface area (Å²) < 4.78 is 16.4. The molecule has 0 bridgehead atoms. The van der Waals surface area contributed by atoms with Gasteiger partial charge < -0.3 is 29.7 Å². The van der Waals surface area contributed by atoms with Gasteiger partial charge in [0.05, 0.1) is 36.8 Å². The number of ether oxygens (including phenoxy) is 3. The van der Waals surface area contributed by atoms with E-state index in [9.17, 15) is 9.59 Å². The molecule has 0 aromatic heterocycles. The van der Waals surface area contributed by atoms with Crippen LogP contribution in [-0.4, -0.2) is 70.8 Å². The van der Waals surface area contributed by atoms with Gasteiger partial charge in [0.2, 0.25) is 11.7 Å². The number of methoxy groups -OCH3 is 3. The van der Waals surface area contributed by atoms with E-state index in [0.29, 0.717) is 71.8 Å². The van der Waals surface area contributed by atoms with Gasteiger partial charge in [-0.1, -0.05) is 59.6 Å². The molecule has 45 heavy (non-hydrogen) atoms. The zero-order chi connectivity index (χ0) is 32.0. The molecule has 2 aliphatic rings. The largest absolute Gasteiger partial charge is 0.493 e. The Balaban J connectivity index is 1.37. The number of piperidine rings is 1. The second-order valence-corrected chi connectivity index (χ2v) is 12.8. The SMILES string of the molecule is COc1cc(C(=O)N2CCC(CCNC(=O)C3(Cc4ccccc4)CCNCC3)(c3ccc(Cl)c(Cl)c3)C2)cc(OC)c1OC. The van der Waals surface area contributed by atoms with E-state index in [-0.39, 0.29) is 11.8 Å². The fraction of sp³-hybridized carbons (Fsp3) is 0.429. The van der Waals surface area contributed by atoms with Gasteiger partial charge in [-0.3, -0.25) is 9.59 Å². The van der Waals surface area contributed by atoms with Gasteiger partial charge in [0.15, 0.2) is 11.5 Å². The first-order valence-corrected chi connectivity index (χ1v) is 16.1. The first-order valence-electron chi connectivity index (χ1n) is 15.3. The first kappa shape index (κ1) is 32.9. The molecular formula is C35H41Cl2N3O5. The van der Waals surface area contributed by atoms with Crippen molar-refractivity contribution < 1.29 is 23.8 Å². The van der Waals surface area contributed by atoms with Crippen LogP contribution in [0.1, 0.15) is 47.2 Å². The summed E-state index contributed by atoms with van der Waals surface area (Å²) in [6.45, 7) is 3.08. The van der Waals surface area contributed by atoms with E-state index in [4.69, 9.17) is 37.4 Å². The third-order valence-corrected chi connectivity index (χ3v) is 10.1. The van der Waals surface area contributed by atoms with Crippen molar-refractivity contribution >= 4 is 35.0 Å². The number of nitrogens with one attached hydrogen (secondary N) is 2. The third-order valence-electron chi connectivity index (χ3n) is 9.40. The zero-order valence-electron chi connectivity index (χ0n) is 26.1. The molecule has 2 heterocycles. The molecule has 1 atom stereocenters. The monoisotopic (exact) mass is 653 g/mol. The Morgan fingerprint density at radius 1 is 0.889 bits per heavy atom. The Morgan fingerprint density at radius 3 is 2.20 bits per heavy atom. The summed E-state index contributed by atoms with van der Waals surface area (Å²) in [7, 11) is 4.58. The number of nitrogens with zero attached hydrogens (tertiary/aromatic N) is 1. The molecule has 0 aliphatic carbocycles. The molecule has 3 aromatic rings. The standard InChI is InChI=1S/C35H41Cl2N3O5/c1-43-29-19-25(20-30(44-2)31(29)45-3)32(41)40-18-14-35(23-40,26-9-10-27(36)28(37)21-26)13-17-39-33(42)34(11-15-38-16-12-34)22-24-7-5-4-6-8-24/h4-10,19-21,38H,11-18,22-23H2,1-3H3,(H,39,42). The zero-order valence-corrected chi connectivity index (χ0v) is 27.6. The van der Waals surface area contributed by atoms with E-state index >= 15 is 0 Å². The van der Waals surface area contributed by atoms with Crippen LogP contribution in [0.4, 0.5) is 0 Å². The van der Waals surface area contributed by atoms with Crippen LogP contribution in [0.2, 0.25) is 10.0 Å². The van der Waals surface area contributed by atoms with Crippen molar-refractivity contribution in [1.29, 1.82) is 0 Å². The number of rotatable bonds is 11. The fourth-order valence-electron chi connectivity index (χ4n) is 6.82. The summed E-state index contributed by atoms with van der Waals surface area (Å²) in [6.07, 6.45) is 3.60. The maximum Gasteiger partial charge on any atom is 0.254 e. The molecule has 2 N–H and O–H groups in total. The smallest absolute Gasteiger partial charge is 0.254 e. The molecule has 0 saturated carbocycles. The lowest BCUT2D eigenvalue weighted by Gasteiger charge is -2.37. The van der Waals surface area contributed by atoms with Gasteiger partial charge >= 0.3 is 0 Å². The summed E-state index contributed by atoms with van der Waals surface area (Å²) in [6, 6.07) is 19.2. The number of hydrogen-bond acceptors (Lipinski definition) is 6. The highest BCUT2D eigenvalue weighted by molar-refractivity contribution is 6.42. The average molecular weight is 655 g/mol. The molecule has 5 rings (SSSR count). The first-order chi connectivity index (χ1) is 21.7. The lowest BCUT2D eigenvalue weighted by Crippen LogP contribution is -2.49. The highest BCUT2D eigenvalue weighted by atomic mass is 35.5. The Bertz CT molecular complexity index is 1490. The number of benzene rings is 3. The van der Waals surface area contributed by atoms with Crippen LogP contribution >= 0.6 is 23.2 Å². The lowest BCUT2D eigenvalue weighted by molar-refractivity contribution is -0.132. The summed E-state index contributed by atoms with van der Waals surface area (Å²) in [5.41, 5.74) is 1.70. The second-order valence-electron chi connectivity index (χ2n) is 12.0. The van der Waals surface area contributed by atoms with Crippen molar-refractivity contribution in [2.75, 3.05) is 54.1 Å². The Morgan fingerprint density at radius 2 is 1.58 bits per heavy atom. The van der Waals surface area contributed by atoms with E-state index in [2.05, 4.69) is 22.8 Å². The van der Waals surface area contributed by atoms with Gasteiger partial charge in [0, 0.05) is 30.6 Å². The van der Waals surface area contributed by atoms with Crippen molar-refractivity contribution in [3.8, 4) is 17.2 Å². The van der Waals surface area contributed by atoms with E-state index < -0.39 is 10.8 Å². The number of amides is 2. The molecule has 2 fully saturated rings. The fourth-order valence-corrected chi connectivity index (χ4v) is 7.12. The number of likely N-dealkylation sites (tertiary alicyclic amines) is 1. The van der Waals surface area contributed by atoms with Gasteiger partial charge in [-0.25, -0.2) is 0 Å². The highest BCUT2D eigenvalue weighted by Crippen LogP contribution is 2.42. The highest BCUT2D eigenvalue weighted by Gasteiger charge is 2.43. The van der Waals surface area contributed by atoms with E-state index in [1.165, 1.54) is 26.9 Å². The topological polar surface area (TPSA) is 89.1 Å². The van der Waals surface area contributed by atoms with Crippen LogP contribution in [0, 0.1) is 5.41 Å². The minimum Gasteiger partial charge on any atom is -0.493 e. The number of carbonyl (C=O) groups is 2. The second kappa shape index (κ2) is 14.3. The Labute approximate surface area is 275 Å². The molecule has 2 amide bonds. The summed E-state index contributed by atoms with van der Waals surface area (Å²) in [4.78, 5) is 29.6. The third kappa shape index (κ3) is 7.03. The maximum absolute atomic E-state index is 13.9. The Kier molecular flexibility index (Phi) is 10.5. The van der Waals surface area contributed by atoms with E-state index in [0.717, 1.165) is 31.5 Å². The normalized spacial score (nSPS) is 19.2. The number of carbonyl (C=O) groups excluding carboxylic acids is 2. The van der Waals surface area contributed by atoms with Crippen LogP contribution in [0.25, 0.3) is 0 Å². The molecule has 1 unspecified atom stereocenters. The van der Waals surface area contributed by atoms with Gasteiger partial charge in [0.25, 0.3) is 5.91 Å². The molecule has 3 aromatic carbocycles. The number of hydrogen-bond donors (Lipinski definition) is 2. The Hall–Kier alpha value is -3.46. The number of halogens is 2. The molecule has 2 aliphatic heterocycles. The van der Waals surface area contributed by atoms with Crippen LogP contribution in [-0.2, 0) is 16.6 Å². The van der Waals surface area contributed by atoms with Crippen molar-refractivity contribution in [3.05, 3.63) is 87.4 Å². The van der Waals surface area contributed by atoms with Crippen LogP contribution in [0.3, 0.4) is 0 Å². The van der Waals surface area contributed by atoms with E-state index in [1.54, 1.807) is 18.2 Å². The molecule has 10 heteroatoms. The average Bonchev–Trinajstić information content (AvgIpc) is 3.51.